The van der Waals surface area contributed by atoms with Gasteiger partial charge >= 0.3 is 12.1 Å². The van der Waals surface area contributed by atoms with Gasteiger partial charge in [0.1, 0.15) is 5.75 Å². The summed E-state index contributed by atoms with van der Waals surface area (Å²) in [4.78, 5) is 3.25. The van der Waals surface area contributed by atoms with E-state index < -0.39 is 12.1 Å². The van der Waals surface area contributed by atoms with Crippen molar-refractivity contribution in [2.45, 2.75) is 25.9 Å². The zero-order valence-electron chi connectivity index (χ0n) is 11.3. The highest BCUT2D eigenvalue weighted by atomic mass is 19.4. The molecule has 0 saturated carbocycles. The second-order valence-electron chi connectivity index (χ2n) is 4.64. The number of halogens is 3. The van der Waals surface area contributed by atoms with Gasteiger partial charge in [-0.2, -0.15) is 13.2 Å². The largest absolute Gasteiger partial charge is 0.496 e. The highest BCUT2D eigenvalue weighted by Crippen LogP contribution is 2.36. The molecule has 0 radical (unpaired) electrons. The van der Waals surface area contributed by atoms with Gasteiger partial charge in [0.2, 0.25) is 0 Å². The van der Waals surface area contributed by atoms with E-state index in [1.807, 2.05) is 19.9 Å². The van der Waals surface area contributed by atoms with E-state index in [-0.39, 0.29) is 5.76 Å². The number of methoxy groups -OCH3 is 1. The molecule has 1 heterocycles. The maximum atomic E-state index is 12.5. The van der Waals surface area contributed by atoms with Crippen LogP contribution in [0.1, 0.15) is 31.2 Å². The lowest BCUT2D eigenvalue weighted by Crippen LogP contribution is -2.04. The molecule has 0 aliphatic carbocycles. The van der Waals surface area contributed by atoms with Crippen molar-refractivity contribution >= 4 is 0 Å². The number of nitrogens with zero attached hydrogens (tertiary/aromatic N) is 1. The third-order valence-electron chi connectivity index (χ3n) is 2.91. The number of rotatable bonds is 3. The van der Waals surface area contributed by atoms with Crippen molar-refractivity contribution in [2.75, 3.05) is 7.11 Å². The second kappa shape index (κ2) is 5.19. The van der Waals surface area contributed by atoms with Crippen molar-refractivity contribution in [1.29, 1.82) is 0 Å². The van der Waals surface area contributed by atoms with E-state index in [1.54, 1.807) is 12.1 Å². The highest BCUT2D eigenvalue weighted by molar-refractivity contribution is 5.66. The minimum absolute atomic E-state index is 0.0319. The van der Waals surface area contributed by atoms with Crippen LogP contribution in [0.4, 0.5) is 13.2 Å². The molecule has 0 aliphatic heterocycles. The van der Waals surface area contributed by atoms with Crippen LogP contribution in [-0.2, 0) is 6.18 Å². The lowest BCUT2D eigenvalue weighted by molar-refractivity contribution is -0.156. The van der Waals surface area contributed by atoms with Gasteiger partial charge in [-0.25, -0.2) is 4.98 Å². The SMILES string of the molecule is COc1cc(C(C)C)ccc1-c1cnc(C(F)(F)F)o1. The molecule has 3 nitrogen and oxygen atoms in total. The van der Waals surface area contributed by atoms with Crippen LogP contribution >= 0.6 is 0 Å². The predicted molar refractivity (Wildman–Crippen MR) is 67.6 cm³/mol. The minimum atomic E-state index is -4.59. The van der Waals surface area contributed by atoms with Crippen LogP contribution in [-0.4, -0.2) is 12.1 Å². The molecule has 0 atom stereocenters. The zero-order chi connectivity index (χ0) is 14.9. The van der Waals surface area contributed by atoms with Gasteiger partial charge in [0.25, 0.3) is 0 Å². The van der Waals surface area contributed by atoms with Gasteiger partial charge < -0.3 is 9.15 Å². The molecule has 0 bridgehead atoms. The molecule has 0 amide bonds. The van der Waals surface area contributed by atoms with E-state index in [2.05, 4.69) is 4.98 Å². The Labute approximate surface area is 114 Å². The van der Waals surface area contributed by atoms with Gasteiger partial charge in [-0.05, 0) is 23.6 Å². The topological polar surface area (TPSA) is 35.3 Å². The predicted octanol–water partition coefficient (Wildman–Crippen LogP) is 4.49. The Balaban J connectivity index is 2.45. The molecular weight excluding hydrogens is 271 g/mol. The van der Waals surface area contributed by atoms with Crippen LogP contribution in [0, 0.1) is 0 Å². The maximum absolute atomic E-state index is 12.5. The molecule has 20 heavy (non-hydrogen) atoms. The molecule has 0 fully saturated rings. The number of oxazole rings is 1. The summed E-state index contributed by atoms with van der Waals surface area (Å²) < 4.78 is 47.4. The lowest BCUT2D eigenvalue weighted by atomic mass is 10.0. The first kappa shape index (κ1) is 14.4. The first-order valence-corrected chi connectivity index (χ1v) is 6.04. The van der Waals surface area contributed by atoms with E-state index >= 15 is 0 Å². The molecule has 1 aromatic carbocycles. The molecule has 108 valence electrons. The summed E-state index contributed by atoms with van der Waals surface area (Å²) in [6, 6.07) is 5.29. The summed E-state index contributed by atoms with van der Waals surface area (Å²) in [5.74, 6) is -0.480. The summed E-state index contributed by atoms with van der Waals surface area (Å²) in [7, 11) is 1.46. The third kappa shape index (κ3) is 2.79. The smallest absolute Gasteiger partial charge is 0.468 e. The average Bonchev–Trinajstić information content (AvgIpc) is 2.87. The summed E-state index contributed by atoms with van der Waals surface area (Å²) in [5, 5.41) is 0. The van der Waals surface area contributed by atoms with Gasteiger partial charge in [-0.15, -0.1) is 0 Å². The Kier molecular flexibility index (Phi) is 3.74. The summed E-state index contributed by atoms with van der Waals surface area (Å²) >= 11 is 0. The molecular formula is C14H14F3NO2. The number of benzene rings is 1. The van der Waals surface area contributed by atoms with Crippen LogP contribution in [0.25, 0.3) is 11.3 Å². The van der Waals surface area contributed by atoms with Gasteiger partial charge in [0, 0.05) is 0 Å². The Bertz CT molecular complexity index is 603. The average molecular weight is 285 g/mol. The van der Waals surface area contributed by atoms with Crippen molar-refractivity contribution in [1.82, 2.24) is 4.98 Å². The molecule has 0 unspecified atom stereocenters. The van der Waals surface area contributed by atoms with Crippen molar-refractivity contribution < 1.29 is 22.3 Å². The van der Waals surface area contributed by atoms with Gasteiger partial charge in [0.05, 0.1) is 18.9 Å². The van der Waals surface area contributed by atoms with Crippen LogP contribution in [0.5, 0.6) is 5.75 Å². The van der Waals surface area contributed by atoms with E-state index in [4.69, 9.17) is 9.15 Å². The fraction of sp³-hybridized carbons (Fsp3) is 0.357. The highest BCUT2D eigenvalue weighted by Gasteiger charge is 2.37. The Morgan fingerprint density at radius 2 is 1.95 bits per heavy atom. The third-order valence-corrected chi connectivity index (χ3v) is 2.91. The van der Waals surface area contributed by atoms with Crippen LogP contribution in [0.3, 0.4) is 0 Å². The van der Waals surface area contributed by atoms with Crippen molar-refractivity contribution in [3.8, 4) is 17.1 Å². The van der Waals surface area contributed by atoms with Crippen LogP contribution in [0.15, 0.2) is 28.8 Å². The molecule has 2 aromatic rings. The fourth-order valence-corrected chi connectivity index (χ4v) is 1.80. The van der Waals surface area contributed by atoms with E-state index in [9.17, 15) is 13.2 Å². The lowest BCUT2D eigenvalue weighted by Gasteiger charge is -2.11. The molecule has 2 rings (SSSR count). The summed E-state index contributed by atoms with van der Waals surface area (Å²) in [6.45, 7) is 4.04. The Hall–Kier alpha value is -1.98. The number of ether oxygens (including phenoxy) is 1. The van der Waals surface area contributed by atoms with Gasteiger partial charge in [-0.1, -0.05) is 19.9 Å². The van der Waals surface area contributed by atoms with Crippen molar-refractivity contribution in [3.05, 3.63) is 35.9 Å². The number of alkyl halides is 3. The minimum Gasteiger partial charge on any atom is -0.496 e. The quantitative estimate of drug-likeness (QED) is 0.833. The van der Waals surface area contributed by atoms with E-state index in [1.165, 1.54) is 7.11 Å². The standard InChI is InChI=1S/C14H14F3NO2/c1-8(2)9-4-5-10(11(6-9)19-3)12-7-18-13(20-12)14(15,16)17/h4-8H,1-3H3. The monoisotopic (exact) mass is 285 g/mol. The number of hydrogen-bond donors (Lipinski definition) is 0. The second-order valence-corrected chi connectivity index (χ2v) is 4.64. The van der Waals surface area contributed by atoms with Gasteiger partial charge in [-0.3, -0.25) is 0 Å². The number of aromatic nitrogens is 1. The number of hydrogen-bond acceptors (Lipinski definition) is 3. The van der Waals surface area contributed by atoms with Crippen LogP contribution in [0.2, 0.25) is 0 Å². The van der Waals surface area contributed by atoms with Crippen molar-refractivity contribution in [3.63, 3.8) is 0 Å². The molecule has 6 heteroatoms. The fourth-order valence-electron chi connectivity index (χ4n) is 1.80. The molecule has 0 spiro atoms. The first-order chi connectivity index (χ1) is 9.32. The maximum Gasteiger partial charge on any atom is 0.468 e. The molecule has 0 aliphatic rings. The first-order valence-electron chi connectivity index (χ1n) is 6.04. The van der Waals surface area contributed by atoms with Gasteiger partial charge in [0.15, 0.2) is 5.76 Å². The zero-order valence-corrected chi connectivity index (χ0v) is 11.3. The molecule has 0 N–H and O–H groups in total. The Morgan fingerprint density at radius 3 is 2.45 bits per heavy atom. The molecule has 1 aromatic heterocycles. The van der Waals surface area contributed by atoms with Crippen LogP contribution < -0.4 is 4.74 Å². The van der Waals surface area contributed by atoms with Crippen molar-refractivity contribution in [2.24, 2.45) is 0 Å². The summed E-state index contributed by atoms with van der Waals surface area (Å²) in [6.07, 6.45) is -3.54. The Morgan fingerprint density at radius 1 is 1.25 bits per heavy atom. The normalized spacial score (nSPS) is 11.9. The van der Waals surface area contributed by atoms with E-state index in [0.29, 0.717) is 17.2 Å². The molecule has 0 saturated heterocycles. The summed E-state index contributed by atoms with van der Waals surface area (Å²) in [5.41, 5.74) is 1.47. The van der Waals surface area contributed by atoms with E-state index in [0.717, 1.165) is 11.8 Å².